The van der Waals surface area contributed by atoms with Gasteiger partial charge in [-0.3, -0.25) is 0 Å². The van der Waals surface area contributed by atoms with Crippen molar-refractivity contribution in [2.75, 3.05) is 46.6 Å². The molecule has 84 valence electrons. The van der Waals surface area contributed by atoms with Crippen molar-refractivity contribution >= 4 is 0 Å². The van der Waals surface area contributed by atoms with Crippen molar-refractivity contribution in [1.82, 2.24) is 4.90 Å². The van der Waals surface area contributed by atoms with Crippen LogP contribution in [0.4, 0.5) is 0 Å². The Balaban J connectivity index is 2.09. The molecule has 1 saturated heterocycles. The second-order valence-corrected chi connectivity index (χ2v) is 3.92. The van der Waals surface area contributed by atoms with Crippen molar-refractivity contribution in [2.24, 2.45) is 11.7 Å². The zero-order chi connectivity index (χ0) is 10.4. The van der Waals surface area contributed by atoms with E-state index in [1.807, 2.05) is 6.92 Å². The highest BCUT2D eigenvalue weighted by atomic mass is 16.5. The lowest BCUT2D eigenvalue weighted by molar-refractivity contribution is 0.113. The molecule has 0 spiro atoms. The summed E-state index contributed by atoms with van der Waals surface area (Å²) in [5, 5.41) is 0. The van der Waals surface area contributed by atoms with Gasteiger partial charge >= 0.3 is 0 Å². The topological polar surface area (TPSA) is 47.7 Å². The summed E-state index contributed by atoms with van der Waals surface area (Å²) in [4.78, 5) is 2.26. The Labute approximate surface area is 86.3 Å². The van der Waals surface area contributed by atoms with Crippen molar-refractivity contribution in [3.05, 3.63) is 0 Å². The van der Waals surface area contributed by atoms with Crippen molar-refractivity contribution in [3.63, 3.8) is 0 Å². The number of hydrogen-bond acceptors (Lipinski definition) is 4. The van der Waals surface area contributed by atoms with Gasteiger partial charge in [-0.15, -0.1) is 0 Å². The highest BCUT2D eigenvalue weighted by molar-refractivity contribution is 4.79. The highest BCUT2D eigenvalue weighted by Gasteiger charge is 2.25. The van der Waals surface area contributed by atoms with E-state index in [4.69, 9.17) is 15.2 Å². The summed E-state index contributed by atoms with van der Waals surface area (Å²) in [6.07, 6.45) is 0. The summed E-state index contributed by atoms with van der Waals surface area (Å²) in [5.74, 6) is 0.488. The molecule has 0 aliphatic carbocycles. The molecule has 1 fully saturated rings. The molecule has 1 rings (SSSR count). The number of hydrogen-bond donors (Lipinski definition) is 1. The molecular formula is C10H22N2O2. The monoisotopic (exact) mass is 202 g/mol. The fourth-order valence-corrected chi connectivity index (χ4v) is 1.66. The number of nitrogens with two attached hydrogens (primary N) is 1. The predicted molar refractivity (Wildman–Crippen MR) is 56.3 cm³/mol. The molecule has 1 aliphatic heterocycles. The zero-order valence-electron chi connectivity index (χ0n) is 9.24. The van der Waals surface area contributed by atoms with Gasteiger partial charge in [0.15, 0.2) is 0 Å². The first-order valence-electron chi connectivity index (χ1n) is 5.33. The molecule has 0 aromatic heterocycles. The molecule has 0 bridgehead atoms. The molecule has 0 aromatic carbocycles. The van der Waals surface area contributed by atoms with Crippen LogP contribution in [0.25, 0.3) is 0 Å². The van der Waals surface area contributed by atoms with Gasteiger partial charge in [0, 0.05) is 31.7 Å². The maximum atomic E-state index is 5.90. The first-order chi connectivity index (χ1) is 6.74. The average molecular weight is 202 g/mol. The molecule has 14 heavy (non-hydrogen) atoms. The highest BCUT2D eigenvalue weighted by Crippen LogP contribution is 2.12. The first kappa shape index (κ1) is 11.9. The minimum absolute atomic E-state index is 0.213. The van der Waals surface area contributed by atoms with Crippen LogP contribution in [0.1, 0.15) is 6.92 Å². The van der Waals surface area contributed by atoms with Gasteiger partial charge in [0.2, 0.25) is 0 Å². The number of nitrogens with zero attached hydrogens (tertiary/aromatic N) is 1. The summed E-state index contributed by atoms with van der Waals surface area (Å²) in [6.45, 7) is 7.10. The van der Waals surface area contributed by atoms with Gasteiger partial charge in [0.1, 0.15) is 0 Å². The summed E-state index contributed by atoms with van der Waals surface area (Å²) >= 11 is 0. The molecule has 0 aromatic rings. The zero-order valence-corrected chi connectivity index (χ0v) is 9.24. The quantitative estimate of drug-likeness (QED) is 0.612. The van der Waals surface area contributed by atoms with Crippen LogP contribution in [-0.4, -0.2) is 57.5 Å². The van der Waals surface area contributed by atoms with Gasteiger partial charge in [-0.1, -0.05) is 0 Å². The lowest BCUT2D eigenvalue weighted by Gasteiger charge is -2.22. The first-order valence-corrected chi connectivity index (χ1v) is 5.33. The smallest absolute Gasteiger partial charge is 0.0621 e. The molecule has 1 aliphatic rings. The van der Waals surface area contributed by atoms with Crippen molar-refractivity contribution in [3.8, 4) is 0 Å². The lowest BCUT2D eigenvalue weighted by atomic mass is 10.0. The minimum Gasteiger partial charge on any atom is -0.380 e. The van der Waals surface area contributed by atoms with E-state index in [1.165, 1.54) is 0 Å². The average Bonchev–Trinajstić information content (AvgIpc) is 2.52. The van der Waals surface area contributed by atoms with E-state index in [1.54, 1.807) is 0 Å². The standard InChI is InChI=1S/C10H22N2O2/c1-3-13-5-4-12(2)6-9-7-14-8-10(9)11/h9-10H,3-8,11H2,1-2H3. The van der Waals surface area contributed by atoms with Gasteiger partial charge in [-0.05, 0) is 14.0 Å². The van der Waals surface area contributed by atoms with Gasteiger partial charge in [-0.25, -0.2) is 0 Å². The van der Waals surface area contributed by atoms with Crippen molar-refractivity contribution < 1.29 is 9.47 Å². The van der Waals surface area contributed by atoms with E-state index >= 15 is 0 Å². The van der Waals surface area contributed by atoms with Crippen molar-refractivity contribution in [2.45, 2.75) is 13.0 Å². The van der Waals surface area contributed by atoms with Gasteiger partial charge in [0.25, 0.3) is 0 Å². The number of likely N-dealkylation sites (N-methyl/N-ethyl adjacent to an activating group) is 1. The minimum atomic E-state index is 0.213. The molecule has 0 saturated carbocycles. The lowest BCUT2D eigenvalue weighted by Crippen LogP contribution is -2.38. The molecule has 2 atom stereocenters. The summed E-state index contributed by atoms with van der Waals surface area (Å²) in [5.41, 5.74) is 5.90. The molecule has 4 heteroatoms. The van der Waals surface area contributed by atoms with Crippen LogP contribution in [0.5, 0.6) is 0 Å². The second kappa shape index (κ2) is 6.35. The van der Waals surface area contributed by atoms with E-state index in [9.17, 15) is 0 Å². The van der Waals surface area contributed by atoms with Crippen LogP contribution in [0.3, 0.4) is 0 Å². The fourth-order valence-electron chi connectivity index (χ4n) is 1.66. The molecular weight excluding hydrogens is 180 g/mol. The van der Waals surface area contributed by atoms with Crippen LogP contribution >= 0.6 is 0 Å². The molecule has 2 unspecified atom stereocenters. The SMILES string of the molecule is CCOCCN(C)CC1COCC1N. The molecule has 0 amide bonds. The third-order valence-electron chi connectivity index (χ3n) is 2.62. The van der Waals surface area contributed by atoms with Crippen LogP contribution in [0.2, 0.25) is 0 Å². The normalized spacial score (nSPS) is 27.4. The summed E-state index contributed by atoms with van der Waals surface area (Å²) in [6, 6.07) is 0.213. The molecule has 1 heterocycles. The third-order valence-corrected chi connectivity index (χ3v) is 2.62. The molecule has 0 radical (unpaired) electrons. The van der Waals surface area contributed by atoms with E-state index in [2.05, 4.69) is 11.9 Å². The summed E-state index contributed by atoms with van der Waals surface area (Å²) < 4.78 is 10.6. The van der Waals surface area contributed by atoms with Crippen LogP contribution < -0.4 is 5.73 Å². The molecule has 2 N–H and O–H groups in total. The van der Waals surface area contributed by atoms with E-state index in [0.29, 0.717) is 12.5 Å². The number of rotatable bonds is 6. The maximum Gasteiger partial charge on any atom is 0.0621 e. The Bertz CT molecular complexity index is 155. The Morgan fingerprint density at radius 2 is 2.29 bits per heavy atom. The summed E-state index contributed by atoms with van der Waals surface area (Å²) in [7, 11) is 2.10. The maximum absolute atomic E-state index is 5.90. The van der Waals surface area contributed by atoms with E-state index in [0.717, 1.165) is 32.9 Å². The van der Waals surface area contributed by atoms with Gasteiger partial charge < -0.3 is 20.1 Å². The van der Waals surface area contributed by atoms with Crippen LogP contribution in [0.15, 0.2) is 0 Å². The van der Waals surface area contributed by atoms with Crippen LogP contribution in [-0.2, 0) is 9.47 Å². The Kier molecular flexibility index (Phi) is 5.40. The number of ether oxygens (including phenoxy) is 2. The van der Waals surface area contributed by atoms with Crippen LogP contribution in [0, 0.1) is 5.92 Å². The third kappa shape index (κ3) is 3.92. The second-order valence-electron chi connectivity index (χ2n) is 3.92. The van der Waals surface area contributed by atoms with Gasteiger partial charge in [-0.2, -0.15) is 0 Å². The Hall–Kier alpha value is -0.160. The fraction of sp³-hybridized carbons (Fsp3) is 1.00. The van der Waals surface area contributed by atoms with E-state index < -0.39 is 0 Å². The van der Waals surface area contributed by atoms with Crippen molar-refractivity contribution in [1.29, 1.82) is 0 Å². The van der Waals surface area contributed by atoms with Gasteiger partial charge in [0.05, 0.1) is 19.8 Å². The Morgan fingerprint density at radius 3 is 2.86 bits per heavy atom. The largest absolute Gasteiger partial charge is 0.380 e. The van der Waals surface area contributed by atoms with E-state index in [-0.39, 0.29) is 6.04 Å². The Morgan fingerprint density at radius 1 is 1.50 bits per heavy atom. The molecule has 4 nitrogen and oxygen atoms in total. The predicted octanol–water partition coefficient (Wildman–Crippen LogP) is -0.0716.